The Morgan fingerprint density at radius 3 is 1.46 bits per heavy atom. The summed E-state index contributed by atoms with van der Waals surface area (Å²) >= 11 is 0. The van der Waals surface area contributed by atoms with Crippen LogP contribution in [0.5, 0.6) is 5.75 Å². The summed E-state index contributed by atoms with van der Waals surface area (Å²) in [4.78, 5) is 52.4. The van der Waals surface area contributed by atoms with Gasteiger partial charge >= 0.3 is 17.9 Å². The molecule has 27 nitrogen and oxygen atoms in total. The zero-order valence-electron chi connectivity index (χ0n) is 82.5. The molecule has 3 aliphatic heterocycles. The zero-order valence-corrected chi connectivity index (χ0v) is 82.5. The van der Waals surface area contributed by atoms with Gasteiger partial charge in [-0.3, -0.25) is 28.6 Å². The van der Waals surface area contributed by atoms with Crippen molar-refractivity contribution in [2.45, 2.75) is 198 Å². The third-order valence-electron chi connectivity index (χ3n) is 24.8. The van der Waals surface area contributed by atoms with Gasteiger partial charge in [0.05, 0.1) is 103 Å². The van der Waals surface area contributed by atoms with E-state index in [1.54, 1.807) is 59.4 Å². The molecule has 2 fully saturated rings. The van der Waals surface area contributed by atoms with Crippen molar-refractivity contribution in [3.05, 3.63) is 245 Å². The van der Waals surface area contributed by atoms with E-state index in [1.165, 1.54) is 22.3 Å². The fraction of sp³-hybridized carbons (Fsp3) is 0.417. The van der Waals surface area contributed by atoms with E-state index >= 15 is 0 Å². The third-order valence-corrected chi connectivity index (χ3v) is 24.8. The molecule has 7 aromatic carbocycles. The van der Waals surface area contributed by atoms with Gasteiger partial charge in [0.15, 0.2) is 6.61 Å². The molecule has 6 aromatic heterocycles. The molecule has 722 valence electrons. The highest BCUT2D eigenvalue weighted by Gasteiger charge is 2.30. The second-order valence-electron chi connectivity index (χ2n) is 36.9. The summed E-state index contributed by atoms with van der Waals surface area (Å²) in [5, 5.41) is 85.9. The number of aliphatic hydroxyl groups excluding tert-OH is 4. The molecule has 0 aliphatic carbocycles. The number of ether oxygens (including phenoxy) is 4. The van der Waals surface area contributed by atoms with Crippen LogP contribution >= 0.6 is 0 Å². The zero-order chi connectivity index (χ0) is 98.8. The van der Waals surface area contributed by atoms with Crippen LogP contribution in [-0.4, -0.2) is 205 Å². The average Bonchev–Trinajstić information content (AvgIpc) is 0.858. The summed E-state index contributed by atoms with van der Waals surface area (Å²) in [5.41, 5.74) is 18.8. The smallest absolute Gasteiger partial charge is 0.337 e. The minimum Gasteiger partial charge on any atom is -0.508 e. The maximum Gasteiger partial charge on any atom is 0.337 e. The number of anilines is 1. The average molecular weight is 1850 g/mol. The summed E-state index contributed by atoms with van der Waals surface area (Å²) in [5.74, 6) is 0.821. The second-order valence-corrected chi connectivity index (χ2v) is 36.9. The van der Waals surface area contributed by atoms with Crippen LogP contribution in [0.15, 0.2) is 167 Å². The normalized spacial score (nSPS) is 13.5. The maximum atomic E-state index is 11.9. The van der Waals surface area contributed by atoms with Crippen LogP contribution in [0.1, 0.15) is 264 Å². The van der Waals surface area contributed by atoms with Gasteiger partial charge in [-0.2, -0.15) is 15.3 Å². The first-order chi connectivity index (χ1) is 64.1. The highest BCUT2D eigenvalue weighted by Crippen LogP contribution is 2.42. The van der Waals surface area contributed by atoms with Crippen molar-refractivity contribution in [2.75, 3.05) is 97.5 Å². The van der Waals surface area contributed by atoms with Crippen LogP contribution in [0.25, 0.3) is 88.5 Å². The van der Waals surface area contributed by atoms with Crippen molar-refractivity contribution >= 4 is 118 Å². The van der Waals surface area contributed by atoms with E-state index in [1.807, 2.05) is 103 Å². The van der Waals surface area contributed by atoms with Crippen molar-refractivity contribution in [1.29, 1.82) is 0 Å². The van der Waals surface area contributed by atoms with E-state index in [0.717, 1.165) is 190 Å². The molecule has 7 N–H and O–H groups in total. The fourth-order valence-electron chi connectivity index (χ4n) is 17.1. The van der Waals surface area contributed by atoms with Gasteiger partial charge in [0.1, 0.15) is 28.8 Å². The Morgan fingerprint density at radius 2 is 0.941 bits per heavy atom. The molecule has 0 radical (unpaired) electrons. The van der Waals surface area contributed by atoms with Gasteiger partial charge in [0.2, 0.25) is 0 Å². The number of para-hydroxylation sites is 1. The summed E-state index contributed by atoms with van der Waals surface area (Å²) in [6.07, 6.45) is 11.7. The maximum absolute atomic E-state index is 11.9. The highest BCUT2D eigenvalue weighted by molar-refractivity contribution is 6.04. The minimum absolute atomic E-state index is 0.00764. The first kappa shape index (κ1) is 104. The number of methoxy groups -OCH3 is 1. The number of aromatic nitrogens is 9. The number of hydrogen-bond acceptors (Lipinski definition) is 17. The lowest BCUT2D eigenvalue weighted by molar-refractivity contribution is -0.121. The number of aryl methyl sites for hydroxylation is 2. The predicted octanol–water partition coefficient (Wildman–Crippen LogP) is 23.0. The number of aromatic carboxylic acids is 3. The number of carboxylic acids is 3. The molecule has 0 bridgehead atoms. The molecule has 0 spiro atoms. The standard InChI is InChI=1S/2C18H24N2O3.C15H20N2O2.C15H20N2O.C15H19NO3.C14H17NO2.C13H16N2O/c1-13(2)16-11-14(18(21)22)12-17-15(16)3-4-20(17)6-5-19-7-9-23-10-8-19;1-13(2)16-12-20(6-5-19-7-9-23-10-8-19)17-11-14(18(21)22)3-4-15(16)17;1-10(2)12-7-13(11(3)18)14-9-16-17(5-6-19-4)15(14)8-12;1-9(2)12-6-13(11(5)18)14-8-16-17(10(3)4)15(14)7-12;1-5-16-14(18)8-19-13-7-11(10(4)17)6-12(9(2)3)15(13)16;1-4-15-8-12(9(2)3)10-6-5-7-11(13(10)15)14(16)17;1-8(2)10-5-11-7-14-15(4)13(11)12(6-10)9(3)16/h2*3-4,11-13H,5-10H2,1-2H3,(H,21,22);7-10,18H,3,5-6H2,1-2,4H3;6-10,18H,5H2,1-4H3;6-7,9,17H,4-5,8H2,1-3H3;5-9H,4H2,1-3H3,(H,16,17);5-8,16H,3H2,1-2,4H3. The summed E-state index contributed by atoms with van der Waals surface area (Å²) in [6, 6.07) is 32.9. The third kappa shape index (κ3) is 25.2. The number of likely N-dealkylation sites (N-methyl/N-ethyl adjacent to an activating group) is 1. The molecular formula is C108H140N12O15. The van der Waals surface area contributed by atoms with Gasteiger partial charge in [0, 0.05) is 170 Å². The van der Waals surface area contributed by atoms with Crippen molar-refractivity contribution in [3.63, 3.8) is 0 Å². The van der Waals surface area contributed by atoms with Crippen molar-refractivity contribution in [2.24, 2.45) is 7.05 Å². The summed E-state index contributed by atoms with van der Waals surface area (Å²) in [6.45, 7) is 65.8. The van der Waals surface area contributed by atoms with Crippen molar-refractivity contribution in [3.8, 4) is 5.75 Å². The number of carbonyl (C=O) groups excluding carboxylic acids is 1. The monoisotopic (exact) mass is 1850 g/mol. The molecule has 0 atom stereocenters. The number of carbonyl (C=O) groups is 4. The lowest BCUT2D eigenvalue weighted by atomic mass is 9.95. The first-order valence-corrected chi connectivity index (χ1v) is 46.9. The molecule has 16 rings (SSSR count). The van der Waals surface area contributed by atoms with Crippen LogP contribution in [0.4, 0.5) is 5.69 Å². The topological polar surface area (TPSA) is 325 Å². The molecule has 0 saturated carbocycles. The Balaban J connectivity index is 0.000000164. The quantitative estimate of drug-likeness (QED) is 0.0248. The van der Waals surface area contributed by atoms with Gasteiger partial charge in [0.25, 0.3) is 5.91 Å². The molecule has 0 unspecified atom stereocenters. The Morgan fingerprint density at radius 1 is 0.437 bits per heavy atom. The predicted molar refractivity (Wildman–Crippen MR) is 545 cm³/mol. The van der Waals surface area contributed by atoms with Crippen molar-refractivity contribution in [1.82, 2.24) is 52.8 Å². The summed E-state index contributed by atoms with van der Waals surface area (Å²) in [7, 11) is 3.54. The van der Waals surface area contributed by atoms with Gasteiger partial charge in [-0.1, -0.05) is 141 Å². The van der Waals surface area contributed by atoms with Crippen LogP contribution in [-0.2, 0) is 52.2 Å². The Hall–Kier alpha value is -12.8. The van der Waals surface area contributed by atoms with Gasteiger partial charge in [-0.15, -0.1) is 0 Å². The molecule has 27 heteroatoms. The number of hydrogen-bond donors (Lipinski definition) is 7. The van der Waals surface area contributed by atoms with E-state index < -0.39 is 17.9 Å². The number of morpholine rings is 2. The number of carboxylic acid groups (broad SMARTS) is 3. The SMILES string of the molecule is C=C(O)c1cc(C(C)C)cc2c1cnn2C(C)C.C=C(O)c1cc(C(C)C)cc2c1cnn2CCOC.C=C(O)c1cc(C(C)C)cc2cnn(C)c12.C=C(O)c1cc2c(c(C(C)C)c1)N(CC)C(=O)CO2.CC(C)c1cc(C(=O)O)cc2c1ccn2CCN1CCOCC1.CC(C)c1cn(CCN2CCOCC2)c2cc(C(=O)O)ccc12.CCn1cc(C(C)C)c2cccc(C(=O)O)c21. The first-order valence-electron chi connectivity index (χ1n) is 46.9. The number of benzene rings is 7. The van der Waals surface area contributed by atoms with Crippen molar-refractivity contribution < 1.29 is 73.9 Å². The van der Waals surface area contributed by atoms with E-state index in [2.05, 4.69) is 200 Å². The van der Waals surface area contributed by atoms with Gasteiger partial charge in [-0.25, -0.2) is 14.4 Å². The fourth-order valence-corrected chi connectivity index (χ4v) is 17.1. The molecule has 3 aliphatic rings. The summed E-state index contributed by atoms with van der Waals surface area (Å²) < 4.78 is 33.4. The number of aliphatic hydroxyl groups is 4. The minimum atomic E-state index is -0.876. The van der Waals surface area contributed by atoms with E-state index in [-0.39, 0.29) is 41.5 Å². The van der Waals surface area contributed by atoms with Gasteiger partial charge in [-0.05, 0) is 193 Å². The Bertz CT molecular complexity index is 6380. The Labute approximate surface area is 793 Å². The van der Waals surface area contributed by atoms with Crippen LogP contribution in [0, 0.1) is 0 Å². The molecular weight excluding hydrogens is 1710 g/mol. The number of nitrogens with zero attached hydrogens (tertiary/aromatic N) is 12. The van der Waals surface area contributed by atoms with Crippen LogP contribution in [0.2, 0.25) is 0 Å². The van der Waals surface area contributed by atoms with E-state index in [0.29, 0.717) is 89.2 Å². The van der Waals surface area contributed by atoms with E-state index in [9.17, 15) is 54.9 Å². The number of rotatable bonds is 26. The van der Waals surface area contributed by atoms with Gasteiger partial charge < -0.3 is 73.3 Å². The molecule has 2 saturated heterocycles. The molecule has 1 amide bonds. The van der Waals surface area contributed by atoms with E-state index in [4.69, 9.17) is 18.9 Å². The number of amides is 1. The molecule has 13 aromatic rings. The largest absolute Gasteiger partial charge is 0.508 e. The van der Waals surface area contributed by atoms with Crippen LogP contribution in [0.3, 0.4) is 0 Å². The Kier molecular flexibility index (Phi) is 36.2. The lowest BCUT2D eigenvalue weighted by Gasteiger charge is -2.32. The highest BCUT2D eigenvalue weighted by atomic mass is 16.5. The lowest BCUT2D eigenvalue weighted by Crippen LogP contribution is -2.39. The second kappa shape index (κ2) is 46.9. The number of fused-ring (bicyclic) bond motifs is 7. The van der Waals surface area contributed by atoms with Crippen LogP contribution < -0.4 is 9.64 Å². The molecule has 135 heavy (non-hydrogen) atoms. The molecule has 9 heterocycles.